The lowest BCUT2D eigenvalue weighted by Gasteiger charge is -2.35. The average Bonchev–Trinajstić information content (AvgIpc) is 3.20. The van der Waals surface area contributed by atoms with Crippen LogP contribution in [0.15, 0.2) is 22.8 Å². The Labute approximate surface area is 126 Å². The van der Waals surface area contributed by atoms with Gasteiger partial charge in [0, 0.05) is 26.2 Å². The number of rotatable bonds is 4. The summed E-state index contributed by atoms with van der Waals surface area (Å²) in [4.78, 5) is 17.2. The number of furan rings is 1. The van der Waals surface area contributed by atoms with E-state index in [2.05, 4.69) is 17.1 Å². The standard InChI is InChI=1S/C16H25N3O2/c1-2-13(15-6-4-12-21-15)19-9-3-5-14(19)16(20)18-10-7-17-8-11-18/h4,6,12-14,17H,2-3,5,7-11H2,1H3. The number of carbonyl (C=O) groups is 1. The molecule has 3 heterocycles. The van der Waals surface area contributed by atoms with Crippen LogP contribution in [0.3, 0.4) is 0 Å². The van der Waals surface area contributed by atoms with E-state index in [0.29, 0.717) is 5.91 Å². The predicted octanol–water partition coefficient (Wildman–Crippen LogP) is 1.63. The first-order chi connectivity index (χ1) is 10.3. The van der Waals surface area contributed by atoms with Crippen LogP contribution in [0, 0.1) is 0 Å². The van der Waals surface area contributed by atoms with Crippen molar-refractivity contribution in [2.45, 2.75) is 38.3 Å². The Balaban J connectivity index is 1.73. The van der Waals surface area contributed by atoms with Gasteiger partial charge in [-0.15, -0.1) is 0 Å². The molecule has 0 aromatic carbocycles. The molecule has 0 radical (unpaired) electrons. The van der Waals surface area contributed by atoms with Gasteiger partial charge in [0.1, 0.15) is 5.76 Å². The second kappa shape index (κ2) is 6.62. The zero-order valence-electron chi connectivity index (χ0n) is 12.8. The number of likely N-dealkylation sites (tertiary alicyclic amines) is 1. The molecule has 5 nitrogen and oxygen atoms in total. The fourth-order valence-corrected chi connectivity index (χ4v) is 3.60. The summed E-state index contributed by atoms with van der Waals surface area (Å²) in [6, 6.07) is 4.21. The van der Waals surface area contributed by atoms with Crippen molar-refractivity contribution in [1.29, 1.82) is 0 Å². The smallest absolute Gasteiger partial charge is 0.240 e. The van der Waals surface area contributed by atoms with E-state index in [1.807, 2.05) is 17.0 Å². The van der Waals surface area contributed by atoms with Gasteiger partial charge in [0.15, 0.2) is 0 Å². The van der Waals surface area contributed by atoms with E-state index in [1.165, 1.54) is 0 Å². The number of amides is 1. The molecular formula is C16H25N3O2. The van der Waals surface area contributed by atoms with Gasteiger partial charge in [0.25, 0.3) is 0 Å². The molecule has 1 aromatic heterocycles. The molecule has 2 aliphatic rings. The van der Waals surface area contributed by atoms with Crippen molar-refractivity contribution < 1.29 is 9.21 Å². The van der Waals surface area contributed by atoms with E-state index in [1.54, 1.807) is 6.26 Å². The zero-order valence-corrected chi connectivity index (χ0v) is 12.8. The SMILES string of the molecule is CCC(c1ccco1)N1CCCC1C(=O)N1CCNCC1. The lowest BCUT2D eigenvalue weighted by atomic mass is 10.1. The number of carbonyl (C=O) groups excluding carboxylic acids is 1. The fraction of sp³-hybridized carbons (Fsp3) is 0.688. The summed E-state index contributed by atoms with van der Waals surface area (Å²) in [6.07, 6.45) is 4.76. The Hall–Kier alpha value is -1.33. The van der Waals surface area contributed by atoms with Crippen LogP contribution >= 0.6 is 0 Å². The maximum atomic E-state index is 12.8. The van der Waals surface area contributed by atoms with Crippen molar-refractivity contribution in [2.24, 2.45) is 0 Å². The predicted molar refractivity (Wildman–Crippen MR) is 80.9 cm³/mol. The fourth-order valence-electron chi connectivity index (χ4n) is 3.60. The third-order valence-corrected chi connectivity index (χ3v) is 4.67. The van der Waals surface area contributed by atoms with Crippen molar-refractivity contribution in [3.05, 3.63) is 24.2 Å². The quantitative estimate of drug-likeness (QED) is 0.916. The molecule has 2 fully saturated rings. The number of piperazine rings is 1. The van der Waals surface area contributed by atoms with Crippen LogP contribution in [0.2, 0.25) is 0 Å². The summed E-state index contributed by atoms with van der Waals surface area (Å²) in [6.45, 7) is 6.64. The Kier molecular flexibility index (Phi) is 4.60. The lowest BCUT2D eigenvalue weighted by molar-refractivity contribution is -0.137. The van der Waals surface area contributed by atoms with E-state index in [0.717, 1.165) is 57.7 Å². The maximum Gasteiger partial charge on any atom is 0.240 e. The molecule has 2 unspecified atom stereocenters. The van der Waals surface area contributed by atoms with Crippen LogP contribution in [0.1, 0.15) is 38.0 Å². The van der Waals surface area contributed by atoms with Crippen LogP contribution in [-0.2, 0) is 4.79 Å². The normalized spacial score (nSPS) is 25.2. The molecule has 1 aromatic rings. The zero-order chi connectivity index (χ0) is 14.7. The van der Waals surface area contributed by atoms with Crippen LogP contribution in [0.4, 0.5) is 0 Å². The van der Waals surface area contributed by atoms with Crippen molar-refractivity contribution >= 4 is 5.91 Å². The monoisotopic (exact) mass is 291 g/mol. The molecule has 5 heteroatoms. The van der Waals surface area contributed by atoms with Crippen molar-refractivity contribution in [1.82, 2.24) is 15.1 Å². The van der Waals surface area contributed by atoms with Gasteiger partial charge in [-0.2, -0.15) is 0 Å². The van der Waals surface area contributed by atoms with Crippen molar-refractivity contribution in [3.63, 3.8) is 0 Å². The molecule has 1 amide bonds. The van der Waals surface area contributed by atoms with Gasteiger partial charge < -0.3 is 14.6 Å². The lowest BCUT2D eigenvalue weighted by Crippen LogP contribution is -2.52. The molecule has 1 N–H and O–H groups in total. The topological polar surface area (TPSA) is 48.7 Å². The molecule has 0 spiro atoms. The third kappa shape index (κ3) is 2.99. The van der Waals surface area contributed by atoms with Gasteiger partial charge in [-0.3, -0.25) is 9.69 Å². The highest BCUT2D eigenvalue weighted by atomic mass is 16.3. The van der Waals surface area contributed by atoms with Crippen molar-refractivity contribution in [2.75, 3.05) is 32.7 Å². The molecule has 2 saturated heterocycles. The number of hydrogen-bond donors (Lipinski definition) is 1. The largest absolute Gasteiger partial charge is 0.468 e. The van der Waals surface area contributed by atoms with Crippen LogP contribution in [0.25, 0.3) is 0 Å². The minimum absolute atomic E-state index is 0.0261. The van der Waals surface area contributed by atoms with E-state index < -0.39 is 0 Å². The summed E-state index contributed by atoms with van der Waals surface area (Å²) in [5.41, 5.74) is 0. The van der Waals surface area contributed by atoms with E-state index in [-0.39, 0.29) is 12.1 Å². The summed E-state index contributed by atoms with van der Waals surface area (Å²) in [7, 11) is 0. The van der Waals surface area contributed by atoms with E-state index in [4.69, 9.17) is 4.42 Å². The van der Waals surface area contributed by atoms with Crippen molar-refractivity contribution in [3.8, 4) is 0 Å². The highest BCUT2D eigenvalue weighted by molar-refractivity contribution is 5.82. The molecule has 0 bridgehead atoms. The number of nitrogens with zero attached hydrogens (tertiary/aromatic N) is 2. The molecule has 2 atom stereocenters. The Morgan fingerprint density at radius 2 is 2.24 bits per heavy atom. The molecule has 21 heavy (non-hydrogen) atoms. The van der Waals surface area contributed by atoms with Crippen LogP contribution in [-0.4, -0.2) is 54.5 Å². The summed E-state index contributed by atoms with van der Waals surface area (Å²) >= 11 is 0. The van der Waals surface area contributed by atoms with Gasteiger partial charge in [-0.1, -0.05) is 6.92 Å². The molecule has 3 rings (SSSR count). The minimum atomic E-state index is 0.0261. The number of hydrogen-bond acceptors (Lipinski definition) is 4. The number of nitrogens with one attached hydrogen (secondary N) is 1. The van der Waals surface area contributed by atoms with E-state index >= 15 is 0 Å². The van der Waals surface area contributed by atoms with Gasteiger partial charge in [-0.25, -0.2) is 0 Å². The molecule has 116 valence electrons. The maximum absolute atomic E-state index is 12.8. The first-order valence-corrected chi connectivity index (χ1v) is 8.10. The van der Waals surface area contributed by atoms with Gasteiger partial charge in [0.2, 0.25) is 5.91 Å². The summed E-state index contributed by atoms with van der Waals surface area (Å²) in [5, 5.41) is 3.31. The Bertz CT molecular complexity index is 454. The van der Waals surface area contributed by atoms with Gasteiger partial charge in [0.05, 0.1) is 18.3 Å². The highest BCUT2D eigenvalue weighted by Gasteiger charge is 2.38. The molecule has 0 saturated carbocycles. The van der Waals surface area contributed by atoms with Crippen LogP contribution in [0.5, 0.6) is 0 Å². The van der Waals surface area contributed by atoms with E-state index in [9.17, 15) is 4.79 Å². The first-order valence-electron chi connectivity index (χ1n) is 8.10. The Morgan fingerprint density at radius 1 is 1.43 bits per heavy atom. The minimum Gasteiger partial charge on any atom is -0.468 e. The average molecular weight is 291 g/mol. The first kappa shape index (κ1) is 14.6. The third-order valence-electron chi connectivity index (χ3n) is 4.67. The Morgan fingerprint density at radius 3 is 2.90 bits per heavy atom. The van der Waals surface area contributed by atoms with Gasteiger partial charge in [-0.05, 0) is 37.9 Å². The van der Waals surface area contributed by atoms with Crippen LogP contribution < -0.4 is 5.32 Å². The molecule has 2 aliphatic heterocycles. The highest BCUT2D eigenvalue weighted by Crippen LogP contribution is 2.32. The molecule has 0 aliphatic carbocycles. The second-order valence-corrected chi connectivity index (χ2v) is 5.91. The molecular weight excluding hydrogens is 266 g/mol. The summed E-state index contributed by atoms with van der Waals surface area (Å²) in [5.74, 6) is 1.29. The second-order valence-electron chi connectivity index (χ2n) is 5.91. The summed E-state index contributed by atoms with van der Waals surface area (Å²) < 4.78 is 5.60. The van der Waals surface area contributed by atoms with Gasteiger partial charge >= 0.3 is 0 Å².